The molecule has 17 heavy (non-hydrogen) atoms. The van der Waals surface area contributed by atoms with Gasteiger partial charge in [0.05, 0.1) is 11.4 Å². The van der Waals surface area contributed by atoms with Crippen LogP contribution in [0.25, 0.3) is 5.69 Å². The predicted molar refractivity (Wildman–Crippen MR) is 65.7 cm³/mol. The Bertz CT molecular complexity index is 611. The third-order valence-corrected chi connectivity index (χ3v) is 3.26. The van der Waals surface area contributed by atoms with Crippen molar-refractivity contribution in [3.8, 4) is 5.69 Å². The number of carbonyl (C=O) groups is 1. The van der Waals surface area contributed by atoms with Gasteiger partial charge < -0.3 is 0 Å². The van der Waals surface area contributed by atoms with Crippen molar-refractivity contribution in [1.29, 1.82) is 0 Å². The maximum absolute atomic E-state index is 11.6. The molecule has 0 saturated carbocycles. The minimum atomic E-state index is 0.264. The molecule has 0 bridgehead atoms. The van der Waals surface area contributed by atoms with Crippen LogP contribution in [0.2, 0.25) is 0 Å². The third kappa shape index (κ3) is 1.58. The van der Waals surface area contributed by atoms with Crippen molar-refractivity contribution in [3.63, 3.8) is 0 Å². The monoisotopic (exact) mass is 226 g/mol. The molecule has 3 heteroatoms. The molecule has 0 atom stereocenters. The number of hydrogen-bond donors (Lipinski definition) is 0. The van der Waals surface area contributed by atoms with Crippen LogP contribution in [0.3, 0.4) is 0 Å². The smallest absolute Gasteiger partial charge is 0.163 e. The molecule has 2 aromatic rings. The van der Waals surface area contributed by atoms with Gasteiger partial charge in [-0.2, -0.15) is 5.10 Å². The number of carbonyl (C=O) groups excluding carboxylic acids is 1. The summed E-state index contributed by atoms with van der Waals surface area (Å²) >= 11 is 0. The van der Waals surface area contributed by atoms with Crippen molar-refractivity contribution in [1.82, 2.24) is 9.78 Å². The molecule has 1 aliphatic rings. The molecule has 0 fully saturated rings. The summed E-state index contributed by atoms with van der Waals surface area (Å²) in [6.45, 7) is 4.03. The largest absolute Gasteiger partial charge is 0.294 e. The van der Waals surface area contributed by atoms with E-state index in [-0.39, 0.29) is 5.78 Å². The summed E-state index contributed by atoms with van der Waals surface area (Å²) in [6.07, 6.45) is 1.51. The fourth-order valence-electron chi connectivity index (χ4n) is 2.46. The first kappa shape index (κ1) is 10.3. The molecule has 0 radical (unpaired) electrons. The summed E-state index contributed by atoms with van der Waals surface area (Å²) in [5.41, 5.74) is 5.21. The van der Waals surface area contributed by atoms with Crippen LogP contribution in [0.1, 0.15) is 33.7 Å². The number of benzene rings is 1. The third-order valence-electron chi connectivity index (χ3n) is 3.26. The molecule has 1 aromatic heterocycles. The lowest BCUT2D eigenvalue weighted by Crippen LogP contribution is -2.00. The molecule has 86 valence electrons. The molecule has 0 unspecified atom stereocenters. The molecule has 0 N–H and O–H groups in total. The molecule has 0 saturated heterocycles. The first-order valence-corrected chi connectivity index (χ1v) is 5.85. The Morgan fingerprint density at radius 2 is 2.00 bits per heavy atom. The molecule has 0 amide bonds. The van der Waals surface area contributed by atoms with E-state index in [2.05, 4.69) is 17.2 Å². The molecule has 3 rings (SSSR count). The molecule has 3 nitrogen and oxygen atoms in total. The molecule has 1 aromatic carbocycles. The zero-order valence-electron chi connectivity index (χ0n) is 10.0. The summed E-state index contributed by atoms with van der Waals surface area (Å²) in [5.74, 6) is 0.264. The highest BCUT2D eigenvalue weighted by Crippen LogP contribution is 2.24. The molecule has 1 aliphatic carbocycles. The van der Waals surface area contributed by atoms with Crippen LogP contribution in [0.4, 0.5) is 0 Å². The number of Topliss-reactive ketones (excluding diaryl/α,β-unsaturated/α-hetero) is 1. The maximum Gasteiger partial charge on any atom is 0.163 e. The van der Waals surface area contributed by atoms with E-state index in [9.17, 15) is 4.79 Å². The number of ketones is 1. The summed E-state index contributed by atoms with van der Waals surface area (Å²) in [6, 6.07) is 8.04. The molecular weight excluding hydrogens is 212 g/mol. The topological polar surface area (TPSA) is 34.9 Å². The molecular formula is C14H14N2O. The Balaban J connectivity index is 2.11. The molecule has 0 aliphatic heterocycles. The molecule has 0 spiro atoms. The van der Waals surface area contributed by atoms with E-state index in [0.29, 0.717) is 6.42 Å². The van der Waals surface area contributed by atoms with E-state index >= 15 is 0 Å². The van der Waals surface area contributed by atoms with Crippen molar-refractivity contribution in [2.75, 3.05) is 0 Å². The lowest BCUT2D eigenvalue weighted by atomic mass is 10.1. The number of aryl methyl sites for hydroxylation is 3. The van der Waals surface area contributed by atoms with Crippen LogP contribution in [0.5, 0.6) is 0 Å². The van der Waals surface area contributed by atoms with E-state index in [0.717, 1.165) is 34.6 Å². The van der Waals surface area contributed by atoms with Gasteiger partial charge in [-0.05, 0) is 50.1 Å². The summed E-state index contributed by atoms with van der Waals surface area (Å²) < 4.78 is 1.93. The normalized spacial score (nSPS) is 14.1. The van der Waals surface area contributed by atoms with Crippen LogP contribution in [0, 0.1) is 13.8 Å². The highest BCUT2D eigenvalue weighted by molar-refractivity contribution is 6.00. The van der Waals surface area contributed by atoms with Crippen LogP contribution in [-0.2, 0) is 6.42 Å². The summed E-state index contributed by atoms with van der Waals surface area (Å²) in [4.78, 5) is 11.6. The maximum atomic E-state index is 11.6. The lowest BCUT2D eigenvalue weighted by Gasteiger charge is -2.06. The Morgan fingerprint density at radius 1 is 1.18 bits per heavy atom. The summed E-state index contributed by atoms with van der Waals surface area (Å²) in [5, 5.41) is 4.46. The van der Waals surface area contributed by atoms with Crippen molar-refractivity contribution < 1.29 is 4.79 Å². The van der Waals surface area contributed by atoms with Gasteiger partial charge in [0.25, 0.3) is 0 Å². The van der Waals surface area contributed by atoms with E-state index in [1.807, 2.05) is 30.7 Å². The fraction of sp³-hybridized carbons (Fsp3) is 0.286. The van der Waals surface area contributed by atoms with Gasteiger partial charge in [0.1, 0.15) is 0 Å². The number of hydrogen-bond acceptors (Lipinski definition) is 2. The average Bonchev–Trinajstić information content (AvgIpc) is 2.82. The minimum Gasteiger partial charge on any atom is -0.294 e. The van der Waals surface area contributed by atoms with Crippen LogP contribution >= 0.6 is 0 Å². The van der Waals surface area contributed by atoms with Crippen molar-refractivity contribution in [2.45, 2.75) is 26.7 Å². The zero-order valence-corrected chi connectivity index (χ0v) is 10.0. The number of fused-ring (bicyclic) bond motifs is 1. The second kappa shape index (κ2) is 3.55. The summed E-state index contributed by atoms with van der Waals surface area (Å²) in [7, 11) is 0. The van der Waals surface area contributed by atoms with Crippen LogP contribution < -0.4 is 0 Å². The first-order chi connectivity index (χ1) is 8.15. The van der Waals surface area contributed by atoms with Gasteiger partial charge >= 0.3 is 0 Å². The van der Waals surface area contributed by atoms with Crippen LogP contribution in [-0.4, -0.2) is 15.6 Å². The number of rotatable bonds is 1. The van der Waals surface area contributed by atoms with Gasteiger partial charge in [0.15, 0.2) is 5.78 Å². The van der Waals surface area contributed by atoms with Gasteiger partial charge in [-0.15, -0.1) is 0 Å². The first-order valence-electron chi connectivity index (χ1n) is 5.85. The van der Waals surface area contributed by atoms with E-state index in [1.54, 1.807) is 0 Å². The minimum absolute atomic E-state index is 0.264. The lowest BCUT2D eigenvalue weighted by molar-refractivity contribution is 0.0994. The second-order valence-corrected chi connectivity index (χ2v) is 4.60. The Kier molecular flexibility index (Phi) is 2.15. The van der Waals surface area contributed by atoms with Crippen molar-refractivity contribution >= 4 is 5.78 Å². The number of nitrogens with zero attached hydrogens (tertiary/aromatic N) is 2. The van der Waals surface area contributed by atoms with Crippen molar-refractivity contribution in [3.05, 3.63) is 46.8 Å². The highest BCUT2D eigenvalue weighted by Gasteiger charge is 2.19. The van der Waals surface area contributed by atoms with Gasteiger partial charge in [-0.3, -0.25) is 4.79 Å². The molecule has 1 heterocycles. The average molecular weight is 226 g/mol. The van der Waals surface area contributed by atoms with E-state index in [4.69, 9.17) is 0 Å². The van der Waals surface area contributed by atoms with Gasteiger partial charge in [-0.25, -0.2) is 4.68 Å². The second-order valence-electron chi connectivity index (χ2n) is 4.60. The van der Waals surface area contributed by atoms with Gasteiger partial charge in [-0.1, -0.05) is 0 Å². The standard InChI is InChI=1S/C14H14N2O/c1-9-7-10(2)16(15-9)12-4-5-13-11(8-12)3-6-14(13)17/h4-5,7-8H,3,6H2,1-2H3. The van der Waals surface area contributed by atoms with E-state index < -0.39 is 0 Å². The highest BCUT2D eigenvalue weighted by atomic mass is 16.1. The Morgan fingerprint density at radius 3 is 2.71 bits per heavy atom. The van der Waals surface area contributed by atoms with Gasteiger partial charge in [0, 0.05) is 17.7 Å². The Hall–Kier alpha value is -1.90. The number of aromatic nitrogens is 2. The van der Waals surface area contributed by atoms with E-state index in [1.165, 1.54) is 0 Å². The quantitative estimate of drug-likeness (QED) is 0.749. The fourth-order valence-corrected chi connectivity index (χ4v) is 2.46. The SMILES string of the molecule is Cc1cc(C)n(-c2ccc3c(c2)CCC3=O)n1. The van der Waals surface area contributed by atoms with Gasteiger partial charge in [0.2, 0.25) is 0 Å². The van der Waals surface area contributed by atoms with Crippen LogP contribution in [0.15, 0.2) is 24.3 Å². The predicted octanol–water partition coefficient (Wildman–Crippen LogP) is 2.62. The van der Waals surface area contributed by atoms with Crippen molar-refractivity contribution in [2.24, 2.45) is 0 Å². The zero-order chi connectivity index (χ0) is 12.0. The Labute approximate surface area is 100 Å².